The van der Waals surface area contributed by atoms with Gasteiger partial charge in [0.05, 0.1) is 22.2 Å². The first kappa shape index (κ1) is 24.1. The molecule has 4 aromatic rings. The maximum atomic E-state index is 13.4. The van der Waals surface area contributed by atoms with Crippen molar-refractivity contribution in [3.63, 3.8) is 0 Å². The van der Waals surface area contributed by atoms with Crippen LogP contribution in [0, 0.1) is 6.92 Å². The highest BCUT2D eigenvalue weighted by atomic mass is 19.4. The van der Waals surface area contributed by atoms with Crippen LogP contribution in [0.3, 0.4) is 0 Å². The molecule has 11 nitrogen and oxygen atoms in total. The van der Waals surface area contributed by atoms with Crippen LogP contribution in [0.5, 0.6) is 11.5 Å². The van der Waals surface area contributed by atoms with Gasteiger partial charge in [0.15, 0.2) is 17.3 Å². The van der Waals surface area contributed by atoms with Crippen molar-refractivity contribution in [3.8, 4) is 11.5 Å². The summed E-state index contributed by atoms with van der Waals surface area (Å²) in [4.78, 5) is 43.5. The van der Waals surface area contributed by atoms with Crippen molar-refractivity contribution < 1.29 is 32.0 Å². The van der Waals surface area contributed by atoms with Crippen LogP contribution in [0.15, 0.2) is 50.5 Å². The van der Waals surface area contributed by atoms with Crippen molar-refractivity contribution in [1.29, 1.82) is 0 Å². The van der Waals surface area contributed by atoms with Crippen LogP contribution in [0.4, 0.5) is 18.9 Å². The lowest BCUT2D eigenvalue weighted by Gasteiger charge is -2.16. The normalized spacial score (nSPS) is 12.8. The molecule has 0 fully saturated rings. The molecule has 1 amide bonds. The average molecular weight is 517 g/mol. The number of fused-ring (bicyclic) bond motifs is 2. The summed E-state index contributed by atoms with van der Waals surface area (Å²) in [6.07, 6.45) is -4.65. The Labute approximate surface area is 205 Å². The molecule has 0 unspecified atom stereocenters. The number of halogens is 3. The lowest BCUT2D eigenvalue weighted by molar-refractivity contribution is -0.137. The maximum absolute atomic E-state index is 13.4. The molecule has 0 bridgehead atoms. The van der Waals surface area contributed by atoms with E-state index in [1.807, 2.05) is 0 Å². The topological polar surface area (TPSA) is 130 Å². The number of ether oxygens (including phenoxy) is 2. The zero-order valence-corrected chi connectivity index (χ0v) is 19.2. The van der Waals surface area contributed by atoms with Crippen molar-refractivity contribution in [1.82, 2.24) is 19.3 Å². The van der Waals surface area contributed by atoms with Crippen molar-refractivity contribution >= 4 is 22.5 Å². The largest absolute Gasteiger partial charge is 0.454 e. The zero-order chi connectivity index (χ0) is 26.3. The summed E-state index contributed by atoms with van der Waals surface area (Å²) in [5, 5.41) is 5.92. The number of anilines is 1. The number of nitrogens with one attached hydrogen (secondary N) is 1. The Hall–Kier alpha value is -4.62. The number of benzene rings is 2. The fourth-order valence-electron chi connectivity index (χ4n) is 3.98. The van der Waals surface area contributed by atoms with Gasteiger partial charge in [-0.3, -0.25) is 18.7 Å². The summed E-state index contributed by atoms with van der Waals surface area (Å²) < 4.78 is 57.7. The molecule has 0 atom stereocenters. The van der Waals surface area contributed by atoms with E-state index in [0.717, 1.165) is 21.3 Å². The summed E-state index contributed by atoms with van der Waals surface area (Å²) in [7, 11) is 0. The van der Waals surface area contributed by atoms with Crippen LogP contribution in [0.25, 0.3) is 10.9 Å². The Morgan fingerprint density at radius 2 is 1.84 bits per heavy atom. The molecule has 1 aliphatic heterocycles. The lowest BCUT2D eigenvalue weighted by atomic mass is 10.1. The summed E-state index contributed by atoms with van der Waals surface area (Å²) in [6, 6.07) is 7.24. The first-order valence-corrected chi connectivity index (χ1v) is 10.9. The summed E-state index contributed by atoms with van der Waals surface area (Å²) in [5.74, 6) is 0.194. The van der Waals surface area contributed by atoms with Gasteiger partial charge >= 0.3 is 11.9 Å². The summed E-state index contributed by atoms with van der Waals surface area (Å²) in [5.41, 5.74) is -2.96. The van der Waals surface area contributed by atoms with Gasteiger partial charge in [-0.15, -0.1) is 0 Å². The molecule has 14 heteroatoms. The lowest BCUT2D eigenvalue weighted by Crippen LogP contribution is -2.42. The molecule has 5 rings (SSSR count). The number of para-hydroxylation sites is 1. The van der Waals surface area contributed by atoms with Crippen LogP contribution in [0.2, 0.25) is 0 Å². The number of amides is 1. The number of hydrogen-bond acceptors (Lipinski definition) is 8. The maximum Gasteiger partial charge on any atom is 0.418 e. The average Bonchev–Trinajstić information content (AvgIpc) is 3.48. The second-order valence-electron chi connectivity index (χ2n) is 8.12. The van der Waals surface area contributed by atoms with Gasteiger partial charge in [-0.25, -0.2) is 4.79 Å². The van der Waals surface area contributed by atoms with Gasteiger partial charge in [0.1, 0.15) is 6.54 Å². The van der Waals surface area contributed by atoms with Gasteiger partial charge in [-0.05, 0) is 25.1 Å². The number of hydrogen-bond donors (Lipinski definition) is 1. The molecule has 0 saturated carbocycles. The van der Waals surface area contributed by atoms with E-state index < -0.39 is 41.1 Å². The van der Waals surface area contributed by atoms with E-state index >= 15 is 0 Å². The second kappa shape index (κ2) is 9.11. The number of nitrogens with zero attached hydrogens (tertiary/aromatic N) is 4. The van der Waals surface area contributed by atoms with Crippen LogP contribution in [-0.2, 0) is 30.5 Å². The molecule has 1 N–H and O–H groups in total. The van der Waals surface area contributed by atoms with E-state index in [1.165, 1.54) is 24.3 Å². The number of carbonyl (C=O) groups is 1. The van der Waals surface area contributed by atoms with Gasteiger partial charge in [-0.1, -0.05) is 17.3 Å². The number of carbonyl (C=O) groups excluding carboxylic acids is 1. The Bertz CT molecular complexity index is 1640. The minimum absolute atomic E-state index is 0.0500. The Morgan fingerprint density at radius 3 is 2.54 bits per heavy atom. The van der Waals surface area contributed by atoms with Crippen LogP contribution >= 0.6 is 0 Å². The van der Waals surface area contributed by atoms with Gasteiger partial charge in [0.2, 0.25) is 18.6 Å². The fraction of sp³-hybridized carbons (Fsp3) is 0.261. The monoisotopic (exact) mass is 517 g/mol. The van der Waals surface area contributed by atoms with Crippen molar-refractivity contribution in [2.45, 2.75) is 32.6 Å². The molecular weight excluding hydrogens is 499 g/mol. The van der Waals surface area contributed by atoms with Crippen molar-refractivity contribution in [2.24, 2.45) is 0 Å². The van der Waals surface area contributed by atoms with E-state index in [4.69, 9.17) is 14.0 Å². The van der Waals surface area contributed by atoms with Crippen molar-refractivity contribution in [3.05, 3.63) is 74.5 Å². The van der Waals surface area contributed by atoms with Crippen LogP contribution in [-0.4, -0.2) is 32.0 Å². The van der Waals surface area contributed by atoms with Crippen molar-refractivity contribution in [2.75, 3.05) is 12.1 Å². The minimum atomic E-state index is -4.70. The van der Waals surface area contributed by atoms with Gasteiger partial charge in [0.25, 0.3) is 5.56 Å². The molecule has 0 aliphatic carbocycles. The number of aryl methyl sites for hydroxylation is 2. The SMILES string of the molecule is Cc1noc(CCn2c(=O)c3cc4c(cc3n(CC(=O)Nc3ccccc3C(F)(F)F)c2=O)OCO4)n1. The molecule has 0 spiro atoms. The van der Waals surface area contributed by atoms with Gasteiger partial charge in [-0.2, -0.15) is 18.2 Å². The number of aromatic nitrogens is 4. The number of alkyl halides is 3. The molecule has 2 aromatic carbocycles. The molecule has 1 aliphatic rings. The van der Waals surface area contributed by atoms with E-state index in [1.54, 1.807) is 6.92 Å². The molecule has 37 heavy (non-hydrogen) atoms. The predicted molar refractivity (Wildman–Crippen MR) is 121 cm³/mol. The van der Waals surface area contributed by atoms with Gasteiger partial charge in [0, 0.05) is 19.0 Å². The second-order valence-corrected chi connectivity index (χ2v) is 8.12. The smallest absolute Gasteiger partial charge is 0.418 e. The zero-order valence-electron chi connectivity index (χ0n) is 19.2. The molecule has 192 valence electrons. The number of rotatable bonds is 6. The van der Waals surface area contributed by atoms with Crippen LogP contribution < -0.4 is 26.0 Å². The van der Waals surface area contributed by atoms with E-state index in [0.29, 0.717) is 5.82 Å². The Balaban J connectivity index is 1.55. The fourth-order valence-corrected chi connectivity index (χ4v) is 3.98. The van der Waals surface area contributed by atoms with E-state index in [9.17, 15) is 27.6 Å². The molecular formula is C23H18F3N5O6. The predicted octanol–water partition coefficient (Wildman–Crippen LogP) is 2.48. The summed E-state index contributed by atoms with van der Waals surface area (Å²) >= 11 is 0. The third-order valence-electron chi connectivity index (χ3n) is 5.65. The Morgan fingerprint density at radius 1 is 1.11 bits per heavy atom. The quantitative estimate of drug-likeness (QED) is 0.413. The third kappa shape index (κ3) is 4.64. The molecule has 0 saturated heterocycles. The highest BCUT2D eigenvalue weighted by Crippen LogP contribution is 2.36. The van der Waals surface area contributed by atoms with Crippen LogP contribution in [0.1, 0.15) is 17.3 Å². The highest BCUT2D eigenvalue weighted by molar-refractivity contribution is 5.93. The molecule has 3 heterocycles. The highest BCUT2D eigenvalue weighted by Gasteiger charge is 2.33. The Kier molecular flexibility index (Phi) is 5.93. The first-order valence-electron chi connectivity index (χ1n) is 10.9. The molecule has 2 aromatic heterocycles. The van der Waals surface area contributed by atoms with E-state index in [2.05, 4.69) is 15.5 Å². The van der Waals surface area contributed by atoms with Gasteiger partial charge < -0.3 is 19.3 Å². The molecule has 0 radical (unpaired) electrons. The first-order chi connectivity index (χ1) is 17.6. The standard InChI is InChI=1S/C23H18F3N5O6/c1-12-27-20(37-29-12)6-7-30-21(33)13-8-17-18(36-11-35-17)9-16(13)31(22(30)34)10-19(32)28-15-5-3-2-4-14(15)23(24,25)26/h2-5,8-9H,6-7,10-11H2,1H3,(H,28,32). The third-order valence-corrected chi connectivity index (χ3v) is 5.65. The van der Waals surface area contributed by atoms with E-state index in [-0.39, 0.29) is 48.1 Å². The summed E-state index contributed by atoms with van der Waals surface area (Å²) in [6.45, 7) is 0.680. The minimum Gasteiger partial charge on any atom is -0.454 e.